The Morgan fingerprint density at radius 3 is 1.96 bits per heavy atom. The molecule has 0 saturated heterocycles. The fourth-order valence-electron chi connectivity index (χ4n) is 2.71. The van der Waals surface area contributed by atoms with Gasteiger partial charge < -0.3 is 9.47 Å². The summed E-state index contributed by atoms with van der Waals surface area (Å²) in [5.41, 5.74) is 2.61. The first-order valence-corrected chi connectivity index (χ1v) is 8.65. The molecule has 0 bridgehead atoms. The van der Waals surface area contributed by atoms with E-state index < -0.39 is 6.61 Å². The molecule has 3 rings (SSSR count). The lowest BCUT2D eigenvalue weighted by molar-refractivity contribution is -0.0498. The molecule has 0 atom stereocenters. The van der Waals surface area contributed by atoms with Crippen LogP contribution in [0.15, 0.2) is 66.7 Å². The van der Waals surface area contributed by atoms with Crippen LogP contribution in [-0.2, 0) is 0 Å². The second kappa shape index (κ2) is 8.62. The van der Waals surface area contributed by atoms with Crippen molar-refractivity contribution < 1.29 is 22.6 Å². The number of hydrogen-bond acceptors (Lipinski definition) is 2. The summed E-state index contributed by atoms with van der Waals surface area (Å²) in [6, 6.07) is 18.3. The van der Waals surface area contributed by atoms with Crippen LogP contribution in [0, 0.1) is 5.82 Å². The van der Waals surface area contributed by atoms with E-state index in [0.717, 1.165) is 23.3 Å². The zero-order valence-electron chi connectivity index (χ0n) is 14.8. The maximum Gasteiger partial charge on any atom is 0.387 e. The maximum absolute atomic E-state index is 14.6. The number of alkyl halides is 2. The van der Waals surface area contributed by atoms with Gasteiger partial charge in [-0.05, 0) is 53.4 Å². The summed E-state index contributed by atoms with van der Waals surface area (Å²) >= 11 is 0. The van der Waals surface area contributed by atoms with Crippen LogP contribution < -0.4 is 9.47 Å². The minimum absolute atomic E-state index is 0.0381. The van der Waals surface area contributed by atoms with E-state index in [1.54, 1.807) is 18.2 Å². The van der Waals surface area contributed by atoms with Crippen molar-refractivity contribution in [3.05, 3.63) is 72.5 Å². The Hall–Kier alpha value is -2.95. The molecule has 0 aliphatic rings. The van der Waals surface area contributed by atoms with E-state index in [2.05, 4.69) is 4.74 Å². The second-order valence-corrected chi connectivity index (χ2v) is 5.97. The lowest BCUT2D eigenvalue weighted by Crippen LogP contribution is -2.01. The summed E-state index contributed by atoms with van der Waals surface area (Å²) in [7, 11) is 0. The normalized spacial score (nSPS) is 10.9. The predicted octanol–water partition coefficient (Wildman–Crippen LogP) is 6.55. The van der Waals surface area contributed by atoms with Crippen molar-refractivity contribution in [2.45, 2.75) is 20.0 Å². The Morgan fingerprint density at radius 2 is 1.37 bits per heavy atom. The van der Waals surface area contributed by atoms with Crippen molar-refractivity contribution in [3.8, 4) is 33.8 Å². The molecule has 0 aliphatic carbocycles. The van der Waals surface area contributed by atoms with Gasteiger partial charge in [-0.1, -0.05) is 43.3 Å². The standard InChI is InChI=1S/C22H19F3O2/c1-2-13-26-18-8-3-15(4-9-18)17-7-12-20(21(23)14-17)16-5-10-19(11-6-16)27-22(24)25/h3-12,14,22H,2,13H2,1H3. The van der Waals surface area contributed by atoms with Gasteiger partial charge in [0.05, 0.1) is 6.61 Å². The highest BCUT2D eigenvalue weighted by molar-refractivity contribution is 5.71. The molecule has 0 unspecified atom stereocenters. The van der Waals surface area contributed by atoms with Crippen molar-refractivity contribution in [2.75, 3.05) is 6.61 Å². The van der Waals surface area contributed by atoms with Crippen molar-refractivity contribution >= 4 is 0 Å². The fourth-order valence-corrected chi connectivity index (χ4v) is 2.71. The zero-order valence-corrected chi connectivity index (χ0v) is 14.8. The highest BCUT2D eigenvalue weighted by Gasteiger charge is 2.09. The largest absolute Gasteiger partial charge is 0.494 e. The summed E-state index contributed by atoms with van der Waals surface area (Å²) < 4.78 is 48.9. The van der Waals surface area contributed by atoms with Gasteiger partial charge in [-0.2, -0.15) is 8.78 Å². The SMILES string of the molecule is CCCOc1ccc(-c2ccc(-c3ccc(OC(F)F)cc3)c(F)c2)cc1. The van der Waals surface area contributed by atoms with Crippen LogP contribution in [0.3, 0.4) is 0 Å². The van der Waals surface area contributed by atoms with Crippen molar-refractivity contribution in [3.63, 3.8) is 0 Å². The third-order valence-electron chi connectivity index (χ3n) is 4.02. The minimum atomic E-state index is -2.88. The first kappa shape index (κ1) is 18.8. The van der Waals surface area contributed by atoms with Crippen LogP contribution in [0.5, 0.6) is 11.5 Å². The monoisotopic (exact) mass is 372 g/mol. The quantitative estimate of drug-likeness (QED) is 0.468. The van der Waals surface area contributed by atoms with E-state index in [0.29, 0.717) is 17.7 Å². The van der Waals surface area contributed by atoms with Gasteiger partial charge in [-0.25, -0.2) is 4.39 Å². The smallest absolute Gasteiger partial charge is 0.387 e. The van der Waals surface area contributed by atoms with E-state index in [9.17, 15) is 13.2 Å². The summed E-state index contributed by atoms with van der Waals surface area (Å²) in [5, 5.41) is 0. The van der Waals surface area contributed by atoms with Crippen LogP contribution in [-0.4, -0.2) is 13.2 Å². The van der Waals surface area contributed by atoms with E-state index in [-0.39, 0.29) is 11.6 Å². The first-order chi connectivity index (χ1) is 13.1. The third kappa shape index (κ3) is 4.82. The molecule has 0 aromatic heterocycles. The second-order valence-electron chi connectivity index (χ2n) is 5.97. The molecular formula is C22H19F3O2. The van der Waals surface area contributed by atoms with E-state index in [4.69, 9.17) is 4.74 Å². The highest BCUT2D eigenvalue weighted by atomic mass is 19.3. The molecule has 0 heterocycles. The van der Waals surface area contributed by atoms with Crippen molar-refractivity contribution in [1.29, 1.82) is 0 Å². The van der Waals surface area contributed by atoms with Crippen LogP contribution in [0.4, 0.5) is 13.2 Å². The van der Waals surface area contributed by atoms with E-state index in [1.165, 1.54) is 18.2 Å². The molecule has 27 heavy (non-hydrogen) atoms. The van der Waals surface area contributed by atoms with E-state index >= 15 is 0 Å². The van der Waals surface area contributed by atoms with Crippen molar-refractivity contribution in [2.24, 2.45) is 0 Å². The van der Waals surface area contributed by atoms with Gasteiger partial charge >= 0.3 is 6.61 Å². The summed E-state index contributed by atoms with van der Waals surface area (Å²) in [6.07, 6.45) is 0.934. The number of halogens is 3. The molecule has 0 aliphatic heterocycles. The topological polar surface area (TPSA) is 18.5 Å². The lowest BCUT2D eigenvalue weighted by Gasteiger charge is -2.09. The summed E-state index contributed by atoms with van der Waals surface area (Å²) in [5.74, 6) is 0.432. The predicted molar refractivity (Wildman–Crippen MR) is 99.7 cm³/mol. The van der Waals surface area contributed by atoms with Crippen LogP contribution in [0.2, 0.25) is 0 Å². The van der Waals surface area contributed by atoms with Gasteiger partial charge in [-0.3, -0.25) is 0 Å². The molecule has 0 spiro atoms. The van der Waals surface area contributed by atoms with Gasteiger partial charge in [0.25, 0.3) is 0 Å². The Kier molecular flexibility index (Phi) is 6.01. The molecule has 3 aromatic carbocycles. The zero-order chi connectivity index (χ0) is 19.2. The number of rotatable bonds is 7. The molecule has 0 saturated carbocycles. The van der Waals surface area contributed by atoms with Gasteiger partial charge in [0.1, 0.15) is 17.3 Å². The molecule has 0 N–H and O–H groups in total. The summed E-state index contributed by atoms with van der Waals surface area (Å²) in [4.78, 5) is 0. The maximum atomic E-state index is 14.6. The fraction of sp³-hybridized carbons (Fsp3) is 0.182. The Morgan fingerprint density at radius 1 is 0.778 bits per heavy atom. The Bertz CT molecular complexity index is 875. The molecule has 140 valence electrons. The van der Waals surface area contributed by atoms with Crippen LogP contribution in [0.25, 0.3) is 22.3 Å². The van der Waals surface area contributed by atoms with Crippen molar-refractivity contribution in [1.82, 2.24) is 0 Å². The average molecular weight is 372 g/mol. The van der Waals surface area contributed by atoms with Gasteiger partial charge in [0, 0.05) is 5.56 Å². The van der Waals surface area contributed by atoms with Gasteiger partial charge in [0.2, 0.25) is 0 Å². The Labute approximate surface area is 156 Å². The number of hydrogen-bond donors (Lipinski definition) is 0. The molecule has 0 radical (unpaired) electrons. The number of benzene rings is 3. The van der Waals surface area contributed by atoms with Crippen LogP contribution >= 0.6 is 0 Å². The van der Waals surface area contributed by atoms with Gasteiger partial charge in [-0.15, -0.1) is 0 Å². The van der Waals surface area contributed by atoms with E-state index in [1.807, 2.05) is 37.3 Å². The third-order valence-corrected chi connectivity index (χ3v) is 4.02. The summed E-state index contributed by atoms with van der Waals surface area (Å²) in [6.45, 7) is -0.187. The minimum Gasteiger partial charge on any atom is -0.494 e. The highest BCUT2D eigenvalue weighted by Crippen LogP contribution is 2.30. The average Bonchev–Trinajstić information content (AvgIpc) is 2.67. The van der Waals surface area contributed by atoms with Gasteiger partial charge in [0.15, 0.2) is 0 Å². The number of ether oxygens (including phenoxy) is 2. The van der Waals surface area contributed by atoms with Crippen LogP contribution in [0.1, 0.15) is 13.3 Å². The first-order valence-electron chi connectivity index (χ1n) is 8.65. The molecule has 3 aromatic rings. The molecule has 0 fully saturated rings. The molecule has 5 heteroatoms. The molecular weight excluding hydrogens is 353 g/mol. The molecule has 2 nitrogen and oxygen atoms in total. The Balaban J connectivity index is 1.79. The lowest BCUT2D eigenvalue weighted by atomic mass is 9.99. The molecule has 0 amide bonds.